The van der Waals surface area contributed by atoms with E-state index in [2.05, 4.69) is 35.8 Å². The highest BCUT2D eigenvalue weighted by molar-refractivity contribution is 8.00. The van der Waals surface area contributed by atoms with Crippen LogP contribution in [0.25, 0.3) is 0 Å². The predicted octanol–water partition coefficient (Wildman–Crippen LogP) is 4.09. The third-order valence-electron chi connectivity index (χ3n) is 3.82. The second-order valence-corrected chi connectivity index (χ2v) is 8.27. The first-order chi connectivity index (χ1) is 14.6. The molecule has 0 atom stereocenters. The lowest BCUT2D eigenvalue weighted by atomic mass is 10.2. The van der Waals surface area contributed by atoms with E-state index in [0.717, 1.165) is 15.6 Å². The van der Waals surface area contributed by atoms with Gasteiger partial charge in [-0.15, -0.1) is 10.2 Å². The van der Waals surface area contributed by atoms with Crippen molar-refractivity contribution >= 4 is 45.8 Å². The Labute approximate surface area is 180 Å². The van der Waals surface area contributed by atoms with Crippen LogP contribution in [-0.2, 0) is 12.3 Å². The average Bonchev–Trinajstić information content (AvgIpc) is 3.20. The summed E-state index contributed by atoms with van der Waals surface area (Å²) < 4.78 is 13.7. The Kier molecular flexibility index (Phi) is 6.30. The summed E-state index contributed by atoms with van der Waals surface area (Å²) in [5, 5.41) is 15.3. The third-order valence-corrected chi connectivity index (χ3v) is 5.83. The van der Waals surface area contributed by atoms with Gasteiger partial charge in [0.25, 0.3) is 0 Å². The maximum atomic E-state index is 13.0. The number of aromatic nitrogens is 5. The maximum absolute atomic E-state index is 13.0. The number of anilines is 4. The molecule has 0 saturated carbocycles. The Bertz CT molecular complexity index is 1110. The van der Waals surface area contributed by atoms with Gasteiger partial charge in [-0.3, -0.25) is 0 Å². The van der Waals surface area contributed by atoms with Gasteiger partial charge in [0.2, 0.25) is 17.0 Å². The van der Waals surface area contributed by atoms with Crippen molar-refractivity contribution in [2.75, 3.05) is 16.4 Å². The summed E-state index contributed by atoms with van der Waals surface area (Å²) >= 11 is 2.88. The van der Waals surface area contributed by atoms with E-state index >= 15 is 0 Å². The number of nitrogen functional groups attached to an aromatic ring is 1. The van der Waals surface area contributed by atoms with Crippen LogP contribution >= 0.6 is 23.1 Å². The molecule has 0 amide bonds. The van der Waals surface area contributed by atoms with Crippen molar-refractivity contribution < 1.29 is 4.39 Å². The lowest BCUT2D eigenvalue weighted by Gasteiger charge is -2.06. The Balaban J connectivity index is 1.34. The molecule has 2 aromatic heterocycles. The van der Waals surface area contributed by atoms with Gasteiger partial charge in [0.05, 0.1) is 5.75 Å². The molecule has 0 aliphatic heterocycles. The molecule has 0 aliphatic carbocycles. The highest BCUT2D eigenvalue weighted by atomic mass is 32.2. The smallest absolute Gasteiger partial charge is 0.232 e. The van der Waals surface area contributed by atoms with Gasteiger partial charge in [-0.2, -0.15) is 15.0 Å². The van der Waals surface area contributed by atoms with E-state index in [9.17, 15) is 4.39 Å². The Hall–Kier alpha value is -3.31. The number of halogens is 1. The van der Waals surface area contributed by atoms with Gasteiger partial charge < -0.3 is 16.4 Å². The fourth-order valence-electron chi connectivity index (χ4n) is 2.45. The molecule has 0 radical (unpaired) electrons. The van der Waals surface area contributed by atoms with Gasteiger partial charge in [-0.05, 0) is 29.8 Å². The fraction of sp³-hybridized carbons (Fsp3) is 0.105. The molecule has 0 aliphatic rings. The van der Waals surface area contributed by atoms with Crippen molar-refractivity contribution in [3.05, 3.63) is 71.8 Å². The molecule has 11 heteroatoms. The minimum absolute atomic E-state index is 0.151. The summed E-state index contributed by atoms with van der Waals surface area (Å²) in [6.45, 7) is 0.540. The average molecular weight is 441 g/mol. The number of thioether (sulfide) groups is 1. The van der Waals surface area contributed by atoms with Crippen LogP contribution in [0.15, 0.2) is 58.9 Å². The topological polar surface area (TPSA) is 115 Å². The fourth-order valence-corrected chi connectivity index (χ4v) is 4.06. The monoisotopic (exact) mass is 440 g/mol. The predicted molar refractivity (Wildman–Crippen MR) is 117 cm³/mol. The van der Waals surface area contributed by atoms with Crippen molar-refractivity contribution in [1.29, 1.82) is 0 Å². The van der Waals surface area contributed by atoms with Gasteiger partial charge in [-0.1, -0.05) is 53.4 Å². The summed E-state index contributed by atoms with van der Waals surface area (Å²) in [4.78, 5) is 12.7. The van der Waals surface area contributed by atoms with E-state index in [-0.39, 0.29) is 11.8 Å². The van der Waals surface area contributed by atoms with Crippen LogP contribution in [0, 0.1) is 5.82 Å². The first-order valence-electron chi connectivity index (χ1n) is 8.91. The first-order valence-corrected chi connectivity index (χ1v) is 10.7. The van der Waals surface area contributed by atoms with Crippen molar-refractivity contribution in [3.8, 4) is 0 Å². The molecule has 0 unspecified atom stereocenters. The highest BCUT2D eigenvalue weighted by Gasteiger charge is 2.09. The molecular weight excluding hydrogens is 423 g/mol. The normalized spacial score (nSPS) is 10.7. The van der Waals surface area contributed by atoms with Crippen LogP contribution in [0.4, 0.5) is 27.1 Å². The largest absolute Gasteiger partial charge is 0.368 e. The standard InChI is InChI=1S/C19H17FN8S2/c20-13-8-6-12(7-9-13)10-22-18-27-28-19(30-18)29-11-15-24-16(21)26-17(25-15)23-14-4-2-1-3-5-14/h1-9H,10-11H2,(H,22,27)(H3,21,23,24,25,26). The minimum Gasteiger partial charge on any atom is -0.368 e. The molecular formula is C19H17FN8S2. The zero-order valence-electron chi connectivity index (χ0n) is 15.6. The van der Waals surface area contributed by atoms with E-state index in [1.165, 1.54) is 35.2 Å². The van der Waals surface area contributed by atoms with Crippen molar-refractivity contribution in [2.45, 2.75) is 16.6 Å². The molecule has 152 valence electrons. The Morgan fingerprint density at radius 2 is 1.77 bits per heavy atom. The van der Waals surface area contributed by atoms with Gasteiger partial charge in [0, 0.05) is 12.2 Å². The van der Waals surface area contributed by atoms with E-state index in [1.54, 1.807) is 12.1 Å². The van der Waals surface area contributed by atoms with Crippen molar-refractivity contribution in [3.63, 3.8) is 0 Å². The first kappa shape index (κ1) is 20.0. The van der Waals surface area contributed by atoms with Crippen molar-refractivity contribution in [2.24, 2.45) is 0 Å². The highest BCUT2D eigenvalue weighted by Crippen LogP contribution is 2.28. The summed E-state index contributed by atoms with van der Waals surface area (Å²) in [7, 11) is 0. The number of benzene rings is 2. The molecule has 4 aromatic rings. The number of para-hydroxylation sites is 1. The quantitative estimate of drug-likeness (QED) is 0.348. The number of rotatable bonds is 8. The number of nitrogens with two attached hydrogens (primary N) is 1. The Morgan fingerprint density at radius 1 is 0.967 bits per heavy atom. The zero-order chi connectivity index (χ0) is 20.8. The van der Waals surface area contributed by atoms with Crippen LogP contribution in [0.5, 0.6) is 0 Å². The van der Waals surface area contributed by atoms with E-state index in [0.29, 0.717) is 29.2 Å². The molecule has 0 fully saturated rings. The SMILES string of the molecule is Nc1nc(CSc2nnc(NCc3ccc(F)cc3)s2)nc(Nc2ccccc2)n1. The van der Waals surface area contributed by atoms with Crippen LogP contribution in [-0.4, -0.2) is 25.1 Å². The molecule has 0 spiro atoms. The summed E-state index contributed by atoms with van der Waals surface area (Å²) in [6.07, 6.45) is 0. The molecule has 2 heterocycles. The summed E-state index contributed by atoms with van der Waals surface area (Å²) in [6, 6.07) is 15.9. The van der Waals surface area contributed by atoms with Crippen LogP contribution in [0.1, 0.15) is 11.4 Å². The number of hydrogen-bond donors (Lipinski definition) is 3. The third kappa shape index (κ3) is 5.61. The van der Waals surface area contributed by atoms with Crippen LogP contribution in [0.3, 0.4) is 0 Å². The van der Waals surface area contributed by atoms with Gasteiger partial charge in [0.15, 0.2) is 4.34 Å². The molecule has 4 rings (SSSR count). The zero-order valence-corrected chi connectivity index (χ0v) is 17.3. The summed E-state index contributed by atoms with van der Waals surface area (Å²) in [5.41, 5.74) is 7.64. The number of hydrogen-bond acceptors (Lipinski definition) is 10. The molecule has 2 aromatic carbocycles. The van der Waals surface area contributed by atoms with Gasteiger partial charge >= 0.3 is 0 Å². The van der Waals surface area contributed by atoms with E-state index in [4.69, 9.17) is 5.73 Å². The second-order valence-electron chi connectivity index (χ2n) is 6.07. The molecule has 30 heavy (non-hydrogen) atoms. The molecule has 0 saturated heterocycles. The lowest BCUT2D eigenvalue weighted by Crippen LogP contribution is -2.06. The van der Waals surface area contributed by atoms with Crippen molar-refractivity contribution in [1.82, 2.24) is 25.1 Å². The Morgan fingerprint density at radius 3 is 2.57 bits per heavy atom. The van der Waals surface area contributed by atoms with E-state index in [1.807, 2.05) is 30.3 Å². The lowest BCUT2D eigenvalue weighted by molar-refractivity contribution is 0.627. The van der Waals surface area contributed by atoms with Crippen LogP contribution in [0.2, 0.25) is 0 Å². The molecule has 0 bridgehead atoms. The minimum atomic E-state index is -0.255. The van der Waals surface area contributed by atoms with Gasteiger partial charge in [0.1, 0.15) is 11.6 Å². The molecule has 4 N–H and O–H groups in total. The molecule has 8 nitrogen and oxygen atoms in total. The number of nitrogens with one attached hydrogen (secondary N) is 2. The second kappa shape index (κ2) is 9.46. The summed E-state index contributed by atoms with van der Waals surface area (Å²) in [5.74, 6) is 1.31. The van der Waals surface area contributed by atoms with Crippen LogP contribution < -0.4 is 16.4 Å². The maximum Gasteiger partial charge on any atom is 0.232 e. The van der Waals surface area contributed by atoms with E-state index < -0.39 is 0 Å². The van der Waals surface area contributed by atoms with Gasteiger partial charge in [-0.25, -0.2) is 4.39 Å². The number of nitrogens with zero attached hydrogens (tertiary/aromatic N) is 5.